The molecule has 8 heteroatoms. The normalized spacial score (nSPS) is 19.0. The molecule has 1 aromatic carbocycles. The lowest BCUT2D eigenvalue weighted by atomic mass is 10.2. The van der Waals surface area contributed by atoms with Gasteiger partial charge in [0.1, 0.15) is 5.25 Å². The van der Waals surface area contributed by atoms with Gasteiger partial charge in [-0.2, -0.15) is 0 Å². The molecule has 1 saturated heterocycles. The number of nitrogens with zero attached hydrogens (tertiary/aromatic N) is 2. The number of amides is 2. The second kappa shape index (κ2) is 7.59. The second-order valence-corrected chi connectivity index (χ2v) is 5.81. The molecule has 0 bridgehead atoms. The molecule has 2 amide bonds. The van der Waals surface area contributed by atoms with Crippen LogP contribution in [0.25, 0.3) is 0 Å². The van der Waals surface area contributed by atoms with Crippen LogP contribution in [0.4, 0.5) is 0 Å². The Labute approximate surface area is 137 Å². The molecule has 0 radical (unpaired) electrons. The first kappa shape index (κ1) is 16.8. The fourth-order valence-corrected chi connectivity index (χ4v) is 3.03. The maximum absolute atomic E-state index is 12.2. The van der Waals surface area contributed by atoms with E-state index in [4.69, 9.17) is 5.11 Å². The lowest BCUT2D eigenvalue weighted by Gasteiger charge is -2.13. The number of carboxylic acid groups (broad SMARTS) is 1. The molecule has 1 fully saturated rings. The molecule has 1 unspecified atom stereocenters. The van der Waals surface area contributed by atoms with Crippen LogP contribution in [0.1, 0.15) is 16.8 Å². The predicted octanol–water partition coefficient (Wildman–Crippen LogP) is 1.29. The summed E-state index contributed by atoms with van der Waals surface area (Å²) in [5.74, 6) is -1.83. The highest BCUT2D eigenvalue weighted by Crippen LogP contribution is 2.29. The van der Waals surface area contributed by atoms with Crippen molar-refractivity contribution in [1.82, 2.24) is 10.3 Å². The molecule has 1 aliphatic rings. The Morgan fingerprint density at radius 3 is 2.70 bits per heavy atom. The van der Waals surface area contributed by atoms with Crippen LogP contribution in [0, 0.1) is 0 Å². The third kappa shape index (κ3) is 4.19. The van der Waals surface area contributed by atoms with Crippen LogP contribution in [-0.2, 0) is 9.59 Å². The number of nitrogens with one attached hydrogen (secondary N) is 1. The van der Waals surface area contributed by atoms with Crippen LogP contribution in [0.2, 0.25) is 0 Å². The molecule has 0 aromatic heterocycles. The molecule has 0 spiro atoms. The van der Waals surface area contributed by atoms with Gasteiger partial charge in [0.05, 0.1) is 6.42 Å². The Balaban J connectivity index is 2.12. The maximum Gasteiger partial charge on any atom is 0.305 e. The van der Waals surface area contributed by atoms with Crippen LogP contribution in [0.3, 0.4) is 0 Å². The van der Waals surface area contributed by atoms with Gasteiger partial charge >= 0.3 is 5.97 Å². The van der Waals surface area contributed by atoms with E-state index >= 15 is 0 Å². The molecule has 1 atom stereocenters. The van der Waals surface area contributed by atoms with Crippen molar-refractivity contribution in [2.45, 2.75) is 11.7 Å². The summed E-state index contributed by atoms with van der Waals surface area (Å²) in [6, 6.07) is 8.51. The van der Waals surface area contributed by atoms with Crippen molar-refractivity contribution in [1.29, 1.82) is 0 Å². The van der Waals surface area contributed by atoms with Crippen molar-refractivity contribution in [2.24, 2.45) is 5.10 Å². The number of hydrazone groups is 1. The quantitative estimate of drug-likeness (QED) is 0.604. The van der Waals surface area contributed by atoms with E-state index in [2.05, 4.69) is 17.1 Å². The van der Waals surface area contributed by atoms with E-state index in [0.29, 0.717) is 5.56 Å². The molecule has 1 aliphatic heterocycles. The van der Waals surface area contributed by atoms with Gasteiger partial charge in [-0.3, -0.25) is 19.3 Å². The molecule has 2 N–H and O–H groups in total. The number of hydrogen-bond donors (Lipinski definition) is 2. The zero-order chi connectivity index (χ0) is 16.8. The van der Waals surface area contributed by atoms with Gasteiger partial charge in [-0.15, -0.1) is 11.7 Å². The lowest BCUT2D eigenvalue weighted by molar-refractivity contribution is -0.139. The summed E-state index contributed by atoms with van der Waals surface area (Å²) in [6.07, 6.45) is 1.21. The summed E-state index contributed by atoms with van der Waals surface area (Å²) in [7, 11) is 0. The Hall–Kier alpha value is -2.61. The van der Waals surface area contributed by atoms with Gasteiger partial charge < -0.3 is 5.11 Å². The van der Waals surface area contributed by atoms with E-state index < -0.39 is 17.1 Å². The molecule has 1 aromatic rings. The topological polar surface area (TPSA) is 99.1 Å². The van der Waals surface area contributed by atoms with Crippen LogP contribution in [0.15, 0.2) is 48.1 Å². The molecule has 1 heterocycles. The van der Waals surface area contributed by atoms with Crippen molar-refractivity contribution in [3.05, 3.63) is 48.6 Å². The zero-order valence-electron chi connectivity index (χ0n) is 12.1. The molecular weight excluding hydrogens is 318 g/mol. The van der Waals surface area contributed by atoms with E-state index in [-0.39, 0.29) is 24.0 Å². The third-order valence-electron chi connectivity index (χ3n) is 2.98. The van der Waals surface area contributed by atoms with Gasteiger partial charge in [-0.25, -0.2) is 5.43 Å². The van der Waals surface area contributed by atoms with Crippen molar-refractivity contribution in [2.75, 3.05) is 6.54 Å². The molecule has 0 saturated carbocycles. The van der Waals surface area contributed by atoms with Gasteiger partial charge in [0.25, 0.3) is 5.91 Å². The summed E-state index contributed by atoms with van der Waals surface area (Å²) >= 11 is 1.02. The van der Waals surface area contributed by atoms with Crippen molar-refractivity contribution in [3.8, 4) is 0 Å². The number of amidine groups is 1. The minimum atomic E-state index is -1.07. The van der Waals surface area contributed by atoms with Gasteiger partial charge in [0, 0.05) is 12.1 Å². The van der Waals surface area contributed by atoms with Crippen molar-refractivity contribution < 1.29 is 19.5 Å². The van der Waals surface area contributed by atoms with Crippen LogP contribution in [-0.4, -0.2) is 44.8 Å². The largest absolute Gasteiger partial charge is 0.481 e. The van der Waals surface area contributed by atoms with Gasteiger partial charge in [-0.1, -0.05) is 36.0 Å². The minimum Gasteiger partial charge on any atom is -0.481 e. The fraction of sp³-hybridized carbons (Fsp3) is 0.200. The number of carbonyl (C=O) groups excluding carboxylic acids is 2. The monoisotopic (exact) mass is 333 g/mol. The molecule has 2 rings (SSSR count). The van der Waals surface area contributed by atoms with Crippen LogP contribution >= 0.6 is 11.8 Å². The summed E-state index contributed by atoms with van der Waals surface area (Å²) in [6.45, 7) is 3.76. The smallest absolute Gasteiger partial charge is 0.305 e. The molecule has 0 aliphatic carbocycles. The standard InChI is InChI=1S/C15H15N3O4S/c1-2-8-18-14(22)11(9-12(19)20)23-15(18)17-16-13(21)10-6-4-3-5-7-10/h2-7,11H,1,8-9H2,(H,16,21)(H,19,20). The average Bonchev–Trinajstić information content (AvgIpc) is 2.82. The van der Waals surface area contributed by atoms with E-state index in [1.54, 1.807) is 30.3 Å². The number of thioether (sulfide) groups is 1. The predicted molar refractivity (Wildman–Crippen MR) is 86.9 cm³/mol. The maximum atomic E-state index is 12.2. The third-order valence-corrected chi connectivity index (χ3v) is 4.16. The minimum absolute atomic E-state index is 0.196. The Morgan fingerprint density at radius 2 is 2.09 bits per heavy atom. The highest BCUT2D eigenvalue weighted by molar-refractivity contribution is 8.15. The van der Waals surface area contributed by atoms with E-state index in [9.17, 15) is 14.4 Å². The molecule has 120 valence electrons. The zero-order valence-corrected chi connectivity index (χ0v) is 13.0. The van der Waals surface area contributed by atoms with Gasteiger partial charge in [0.15, 0.2) is 5.17 Å². The summed E-state index contributed by atoms with van der Waals surface area (Å²) < 4.78 is 0. The summed E-state index contributed by atoms with van der Waals surface area (Å²) in [5, 5.41) is 12.3. The summed E-state index contributed by atoms with van der Waals surface area (Å²) in [5.41, 5.74) is 2.81. The van der Waals surface area contributed by atoms with Crippen LogP contribution in [0.5, 0.6) is 0 Å². The second-order valence-electron chi connectivity index (χ2n) is 4.64. The number of hydrogen-bond acceptors (Lipinski definition) is 5. The number of rotatable bonds is 6. The first-order chi connectivity index (χ1) is 11.0. The lowest BCUT2D eigenvalue weighted by Crippen LogP contribution is -2.34. The highest BCUT2D eigenvalue weighted by Gasteiger charge is 2.38. The van der Waals surface area contributed by atoms with E-state index in [1.165, 1.54) is 11.0 Å². The van der Waals surface area contributed by atoms with Crippen molar-refractivity contribution in [3.63, 3.8) is 0 Å². The Kier molecular flexibility index (Phi) is 5.53. The number of aliphatic carboxylic acids is 1. The number of benzene rings is 1. The number of carboxylic acids is 1. The summed E-state index contributed by atoms with van der Waals surface area (Å²) in [4.78, 5) is 36.2. The first-order valence-electron chi connectivity index (χ1n) is 6.76. The highest BCUT2D eigenvalue weighted by atomic mass is 32.2. The fourth-order valence-electron chi connectivity index (χ4n) is 1.93. The Bertz CT molecular complexity index is 660. The molecule has 7 nitrogen and oxygen atoms in total. The first-order valence-corrected chi connectivity index (χ1v) is 7.64. The Morgan fingerprint density at radius 1 is 1.39 bits per heavy atom. The van der Waals surface area contributed by atoms with Crippen molar-refractivity contribution >= 4 is 34.7 Å². The van der Waals surface area contributed by atoms with E-state index in [1.807, 2.05) is 0 Å². The van der Waals surface area contributed by atoms with Crippen LogP contribution < -0.4 is 5.43 Å². The van der Waals surface area contributed by atoms with Gasteiger partial charge in [0.2, 0.25) is 5.91 Å². The average molecular weight is 333 g/mol. The molecule has 23 heavy (non-hydrogen) atoms. The van der Waals surface area contributed by atoms with E-state index in [0.717, 1.165) is 11.8 Å². The SMILES string of the molecule is C=CCN1C(=O)C(CC(=O)O)SC1=NNC(=O)c1ccccc1. The van der Waals surface area contributed by atoms with Gasteiger partial charge in [-0.05, 0) is 12.1 Å². The molecular formula is C15H15N3O4S. The number of carbonyl (C=O) groups is 3.